The quantitative estimate of drug-likeness (QED) is 0.582. The van der Waals surface area contributed by atoms with Crippen molar-refractivity contribution in [3.05, 3.63) is 24.2 Å². The Morgan fingerprint density at radius 2 is 1.66 bits per heavy atom. The van der Waals surface area contributed by atoms with Gasteiger partial charge in [-0.3, -0.25) is 14.4 Å². The molecule has 4 bridgehead atoms. The first-order valence-electron chi connectivity index (χ1n) is 10.4. The van der Waals surface area contributed by atoms with Crippen molar-refractivity contribution in [3.63, 3.8) is 0 Å². The number of nitrogens with zero attached hydrogens (tertiary/aromatic N) is 2. The zero-order valence-electron chi connectivity index (χ0n) is 16.3. The van der Waals surface area contributed by atoms with Gasteiger partial charge in [0, 0.05) is 6.54 Å². The molecular weight excluding hydrogens is 374 g/mol. The fourth-order valence-corrected chi connectivity index (χ4v) is 6.38. The van der Waals surface area contributed by atoms with Gasteiger partial charge in [0.05, 0.1) is 12.8 Å². The molecule has 29 heavy (non-hydrogen) atoms. The number of imide groups is 2. The summed E-state index contributed by atoms with van der Waals surface area (Å²) in [7, 11) is 0. The van der Waals surface area contributed by atoms with Crippen LogP contribution in [0.2, 0.25) is 0 Å². The van der Waals surface area contributed by atoms with E-state index in [0.29, 0.717) is 12.3 Å². The third kappa shape index (κ3) is 3.24. The van der Waals surface area contributed by atoms with Crippen LogP contribution in [-0.4, -0.2) is 46.6 Å². The standard InChI is InChI=1S/C21H25N3O5/c25-17(22-12-21-7-13-4-14(8-21)6-15(5-13)9-21)11-24-19(27)18(26)23(20(24)28)10-16-2-1-3-29-16/h1-3,13-15H,4-12H2,(H,22,25). The summed E-state index contributed by atoms with van der Waals surface area (Å²) in [4.78, 5) is 50.9. The van der Waals surface area contributed by atoms with Crippen LogP contribution in [-0.2, 0) is 20.9 Å². The largest absolute Gasteiger partial charge is 0.467 e. The third-order valence-corrected chi connectivity index (χ3v) is 7.16. The summed E-state index contributed by atoms with van der Waals surface area (Å²) < 4.78 is 5.14. The van der Waals surface area contributed by atoms with Crippen LogP contribution in [0.15, 0.2) is 22.8 Å². The molecule has 1 N–H and O–H groups in total. The molecule has 4 aliphatic carbocycles. The van der Waals surface area contributed by atoms with Gasteiger partial charge >= 0.3 is 17.8 Å². The number of nitrogens with one attached hydrogen (secondary N) is 1. The van der Waals surface area contributed by atoms with E-state index in [1.54, 1.807) is 12.1 Å². The van der Waals surface area contributed by atoms with E-state index in [1.165, 1.54) is 25.5 Å². The molecule has 2 heterocycles. The Morgan fingerprint density at radius 1 is 1.03 bits per heavy atom. The maximum atomic E-state index is 12.5. The normalized spacial score (nSPS) is 33.1. The third-order valence-electron chi connectivity index (χ3n) is 7.16. The Hall–Kier alpha value is -2.64. The van der Waals surface area contributed by atoms with Crippen LogP contribution in [0, 0.1) is 23.2 Å². The highest BCUT2D eigenvalue weighted by Crippen LogP contribution is 2.59. The Morgan fingerprint density at radius 3 is 2.24 bits per heavy atom. The van der Waals surface area contributed by atoms with E-state index in [4.69, 9.17) is 4.42 Å². The summed E-state index contributed by atoms with van der Waals surface area (Å²) >= 11 is 0. The van der Waals surface area contributed by atoms with Crippen molar-refractivity contribution in [2.24, 2.45) is 23.2 Å². The molecule has 5 aliphatic rings. The van der Waals surface area contributed by atoms with E-state index in [2.05, 4.69) is 5.32 Å². The van der Waals surface area contributed by atoms with E-state index in [1.807, 2.05) is 0 Å². The molecule has 4 saturated carbocycles. The lowest BCUT2D eigenvalue weighted by Gasteiger charge is -2.56. The molecular formula is C21H25N3O5. The van der Waals surface area contributed by atoms with E-state index in [-0.39, 0.29) is 12.0 Å². The summed E-state index contributed by atoms with van der Waals surface area (Å²) in [5, 5.41) is 2.95. The summed E-state index contributed by atoms with van der Waals surface area (Å²) in [5.41, 5.74) is 0.171. The lowest BCUT2D eigenvalue weighted by Crippen LogP contribution is -2.52. The molecule has 1 saturated heterocycles. The summed E-state index contributed by atoms with van der Waals surface area (Å²) in [6, 6.07) is 2.48. The van der Waals surface area contributed by atoms with Crippen molar-refractivity contribution >= 4 is 23.8 Å². The molecule has 8 heteroatoms. The van der Waals surface area contributed by atoms with Crippen molar-refractivity contribution < 1.29 is 23.6 Å². The van der Waals surface area contributed by atoms with Crippen LogP contribution < -0.4 is 5.32 Å². The first-order chi connectivity index (χ1) is 13.9. The highest BCUT2D eigenvalue weighted by molar-refractivity contribution is 6.44. The molecule has 0 spiro atoms. The Labute approximate surface area is 168 Å². The Balaban J connectivity index is 1.19. The lowest BCUT2D eigenvalue weighted by molar-refractivity contribution is -0.144. The van der Waals surface area contributed by atoms with Crippen LogP contribution in [0.1, 0.15) is 44.3 Å². The van der Waals surface area contributed by atoms with Gasteiger partial charge in [0.2, 0.25) is 5.91 Å². The van der Waals surface area contributed by atoms with Crippen molar-refractivity contribution in [3.8, 4) is 0 Å². The number of furan rings is 1. The van der Waals surface area contributed by atoms with Crippen LogP contribution in [0.3, 0.4) is 0 Å². The molecule has 5 amide bonds. The molecule has 0 atom stereocenters. The second-order valence-electron chi connectivity index (χ2n) is 9.34. The van der Waals surface area contributed by atoms with Crippen LogP contribution in [0.4, 0.5) is 4.79 Å². The van der Waals surface area contributed by atoms with Gasteiger partial charge in [-0.1, -0.05) is 0 Å². The zero-order chi connectivity index (χ0) is 20.2. The monoisotopic (exact) mass is 399 g/mol. The highest BCUT2D eigenvalue weighted by Gasteiger charge is 2.51. The van der Waals surface area contributed by atoms with Crippen molar-refractivity contribution in [1.29, 1.82) is 0 Å². The molecule has 154 valence electrons. The fourth-order valence-electron chi connectivity index (χ4n) is 6.38. The van der Waals surface area contributed by atoms with Gasteiger partial charge in [-0.25, -0.2) is 14.6 Å². The molecule has 8 nitrogen and oxygen atoms in total. The van der Waals surface area contributed by atoms with E-state index in [9.17, 15) is 19.2 Å². The van der Waals surface area contributed by atoms with Crippen molar-refractivity contribution in [1.82, 2.24) is 15.1 Å². The minimum atomic E-state index is -0.966. The number of carbonyl (C=O) groups is 4. The Bertz CT molecular complexity index is 826. The summed E-state index contributed by atoms with van der Waals surface area (Å²) in [5.74, 6) is 0.461. The van der Waals surface area contributed by atoms with Crippen molar-refractivity contribution in [2.75, 3.05) is 13.1 Å². The molecule has 6 rings (SSSR count). The number of hydrogen-bond acceptors (Lipinski definition) is 5. The zero-order valence-corrected chi connectivity index (χ0v) is 16.3. The minimum absolute atomic E-state index is 0.123. The van der Waals surface area contributed by atoms with Gasteiger partial charge < -0.3 is 9.73 Å². The summed E-state index contributed by atoms with van der Waals surface area (Å²) in [6.45, 7) is 0.0435. The second-order valence-corrected chi connectivity index (χ2v) is 9.34. The van der Waals surface area contributed by atoms with Gasteiger partial charge in [0.25, 0.3) is 0 Å². The van der Waals surface area contributed by atoms with E-state index >= 15 is 0 Å². The van der Waals surface area contributed by atoms with E-state index < -0.39 is 30.3 Å². The van der Waals surface area contributed by atoms with Gasteiger partial charge in [0.1, 0.15) is 12.3 Å². The topological polar surface area (TPSA) is 99.9 Å². The fraction of sp³-hybridized carbons (Fsp3) is 0.619. The second kappa shape index (κ2) is 6.71. The molecule has 1 aliphatic heterocycles. The van der Waals surface area contributed by atoms with Crippen LogP contribution in [0.25, 0.3) is 0 Å². The lowest BCUT2D eigenvalue weighted by atomic mass is 9.49. The number of urea groups is 1. The maximum Gasteiger partial charge on any atom is 0.335 e. The minimum Gasteiger partial charge on any atom is -0.467 e. The molecule has 0 unspecified atom stereocenters. The van der Waals surface area contributed by atoms with E-state index in [0.717, 1.165) is 46.8 Å². The number of rotatable bonds is 6. The molecule has 0 radical (unpaired) electrons. The Kier molecular flexibility index (Phi) is 4.26. The SMILES string of the molecule is O=C(CN1C(=O)C(=O)N(Cc2ccco2)C1=O)NCC12CC3CC(CC(C3)C1)C2. The van der Waals surface area contributed by atoms with Crippen LogP contribution >= 0.6 is 0 Å². The maximum absolute atomic E-state index is 12.5. The smallest absolute Gasteiger partial charge is 0.335 e. The number of carbonyl (C=O) groups excluding carboxylic acids is 4. The first-order valence-corrected chi connectivity index (χ1v) is 10.4. The van der Waals surface area contributed by atoms with Gasteiger partial charge in [-0.2, -0.15) is 0 Å². The predicted octanol–water partition coefficient (Wildman–Crippen LogP) is 1.90. The predicted molar refractivity (Wildman–Crippen MR) is 100.0 cm³/mol. The van der Waals surface area contributed by atoms with Crippen molar-refractivity contribution in [2.45, 2.75) is 45.1 Å². The first kappa shape index (κ1) is 18.4. The molecule has 1 aromatic rings. The van der Waals surface area contributed by atoms with Crippen LogP contribution in [0.5, 0.6) is 0 Å². The summed E-state index contributed by atoms with van der Waals surface area (Å²) in [6.07, 6.45) is 8.91. The molecule has 5 fully saturated rings. The average molecular weight is 399 g/mol. The van der Waals surface area contributed by atoms with Gasteiger partial charge in [0.15, 0.2) is 0 Å². The average Bonchev–Trinajstić information content (AvgIpc) is 3.25. The number of amides is 5. The van der Waals surface area contributed by atoms with Gasteiger partial charge in [-0.15, -0.1) is 0 Å². The number of hydrogen-bond donors (Lipinski definition) is 1. The molecule has 1 aromatic heterocycles. The van der Waals surface area contributed by atoms with Gasteiger partial charge in [-0.05, 0) is 73.8 Å². The molecule has 0 aromatic carbocycles. The highest BCUT2D eigenvalue weighted by atomic mass is 16.3.